The van der Waals surface area contributed by atoms with Crippen LogP contribution in [0.2, 0.25) is 0 Å². The van der Waals surface area contributed by atoms with Crippen molar-refractivity contribution in [2.75, 3.05) is 6.61 Å². The number of fused-ring (bicyclic) bond motifs is 1. The summed E-state index contributed by atoms with van der Waals surface area (Å²) in [5, 5.41) is 10.7. The van der Waals surface area contributed by atoms with Gasteiger partial charge in [-0.25, -0.2) is 4.79 Å². The lowest BCUT2D eigenvalue weighted by molar-refractivity contribution is 0.0520. The minimum atomic E-state index is -0.365. The largest absolute Gasteiger partial charge is 0.508 e. The molecule has 0 saturated heterocycles. The predicted octanol–water partition coefficient (Wildman–Crippen LogP) is 3.00. The van der Waals surface area contributed by atoms with Crippen LogP contribution >= 0.6 is 0 Å². The first-order chi connectivity index (χ1) is 8.67. The Balaban J connectivity index is 2.50. The summed E-state index contributed by atoms with van der Waals surface area (Å²) in [7, 11) is 0. The molecule has 1 heterocycles. The summed E-state index contributed by atoms with van der Waals surface area (Å²) in [6.07, 6.45) is 1.72. The summed E-state index contributed by atoms with van der Waals surface area (Å²) >= 11 is 0. The van der Waals surface area contributed by atoms with Gasteiger partial charge in [-0.2, -0.15) is 0 Å². The number of ether oxygens (including phenoxy) is 1. The van der Waals surface area contributed by atoms with Crippen molar-refractivity contribution < 1.29 is 14.6 Å². The molecule has 0 atom stereocenters. The summed E-state index contributed by atoms with van der Waals surface area (Å²) in [5.74, 6) is -0.0885. The van der Waals surface area contributed by atoms with Gasteiger partial charge in [-0.15, -0.1) is 0 Å². The smallest absolute Gasteiger partial charge is 0.354 e. The van der Waals surface area contributed by atoms with E-state index in [1.54, 1.807) is 25.1 Å². The molecule has 0 fully saturated rings. The highest BCUT2D eigenvalue weighted by molar-refractivity contribution is 5.96. The van der Waals surface area contributed by atoms with Crippen LogP contribution in [0, 0.1) is 0 Å². The van der Waals surface area contributed by atoms with Crippen LogP contribution < -0.4 is 0 Å². The Kier molecular flexibility index (Phi) is 3.55. The number of aromatic nitrogens is 1. The van der Waals surface area contributed by atoms with E-state index in [4.69, 9.17) is 4.74 Å². The molecule has 4 heteroatoms. The van der Waals surface area contributed by atoms with E-state index in [9.17, 15) is 9.90 Å². The van der Waals surface area contributed by atoms with Gasteiger partial charge in [0.15, 0.2) is 0 Å². The van der Waals surface area contributed by atoms with Crippen LogP contribution in [-0.2, 0) is 11.2 Å². The molecule has 0 bridgehead atoms. The maximum Gasteiger partial charge on any atom is 0.354 e. The molecule has 0 saturated carbocycles. The topological polar surface area (TPSA) is 62.3 Å². The summed E-state index contributed by atoms with van der Waals surface area (Å²) in [6, 6.07) is 5.17. The molecule has 1 aromatic heterocycles. The first-order valence-corrected chi connectivity index (χ1v) is 6.18. The number of nitrogens with one attached hydrogen (secondary N) is 1. The number of carbonyl (C=O) groups excluding carboxylic acids is 1. The molecule has 2 aromatic rings. The molecule has 1 aromatic carbocycles. The van der Waals surface area contributed by atoms with Crippen molar-refractivity contribution in [2.45, 2.75) is 26.7 Å². The number of aryl methyl sites for hydroxylation is 1. The second kappa shape index (κ2) is 5.12. The SMILES string of the molecule is CCCc1c(O)ccc2[nH]c(C(=O)OCC)cc12. The monoisotopic (exact) mass is 247 g/mol. The number of phenols is 1. The standard InChI is InChI=1S/C14H17NO3/c1-3-5-9-10-8-12(14(17)18-4-2)15-11(10)6-7-13(9)16/h6-8,15-16H,3-5H2,1-2H3. The molecule has 4 nitrogen and oxygen atoms in total. The van der Waals surface area contributed by atoms with Crippen LogP contribution in [0.25, 0.3) is 10.9 Å². The highest BCUT2D eigenvalue weighted by atomic mass is 16.5. The molecular formula is C14H17NO3. The Morgan fingerprint density at radius 3 is 2.83 bits per heavy atom. The molecule has 18 heavy (non-hydrogen) atoms. The minimum Gasteiger partial charge on any atom is -0.508 e. The van der Waals surface area contributed by atoms with E-state index in [1.165, 1.54) is 0 Å². The van der Waals surface area contributed by atoms with Crippen LogP contribution in [0.1, 0.15) is 36.3 Å². The second-order valence-corrected chi connectivity index (χ2v) is 4.18. The van der Waals surface area contributed by atoms with Crippen molar-refractivity contribution in [2.24, 2.45) is 0 Å². The number of aromatic hydroxyl groups is 1. The molecule has 0 radical (unpaired) electrons. The number of rotatable bonds is 4. The van der Waals surface area contributed by atoms with Gasteiger partial charge in [0, 0.05) is 16.5 Å². The zero-order valence-corrected chi connectivity index (χ0v) is 10.6. The van der Waals surface area contributed by atoms with E-state index in [0.29, 0.717) is 12.3 Å². The summed E-state index contributed by atoms with van der Waals surface area (Å²) in [6.45, 7) is 4.17. The Morgan fingerprint density at radius 1 is 1.39 bits per heavy atom. The third kappa shape index (κ3) is 2.18. The van der Waals surface area contributed by atoms with E-state index >= 15 is 0 Å². The Hall–Kier alpha value is -1.97. The molecule has 0 aliphatic heterocycles. The highest BCUT2D eigenvalue weighted by Crippen LogP contribution is 2.29. The van der Waals surface area contributed by atoms with E-state index < -0.39 is 0 Å². The summed E-state index contributed by atoms with van der Waals surface area (Å²) < 4.78 is 4.95. The number of phenolic OH excluding ortho intramolecular Hbond substituents is 1. The van der Waals surface area contributed by atoms with Crippen molar-refractivity contribution in [3.8, 4) is 5.75 Å². The quantitative estimate of drug-likeness (QED) is 0.816. The average molecular weight is 247 g/mol. The average Bonchev–Trinajstić information content (AvgIpc) is 2.77. The molecule has 0 aliphatic carbocycles. The first kappa shape index (κ1) is 12.5. The van der Waals surface area contributed by atoms with Crippen molar-refractivity contribution in [3.05, 3.63) is 29.5 Å². The number of H-pyrrole nitrogens is 1. The number of esters is 1. The van der Waals surface area contributed by atoms with E-state index in [0.717, 1.165) is 29.3 Å². The molecule has 2 rings (SSSR count). The van der Waals surface area contributed by atoms with E-state index in [2.05, 4.69) is 11.9 Å². The number of aromatic amines is 1. The molecule has 0 amide bonds. The van der Waals surface area contributed by atoms with Gasteiger partial charge in [0.2, 0.25) is 0 Å². The maximum absolute atomic E-state index is 11.7. The first-order valence-electron chi connectivity index (χ1n) is 6.18. The molecule has 96 valence electrons. The zero-order chi connectivity index (χ0) is 13.1. The van der Waals surface area contributed by atoms with E-state index in [1.807, 2.05) is 0 Å². The van der Waals surface area contributed by atoms with Gasteiger partial charge < -0.3 is 14.8 Å². The van der Waals surface area contributed by atoms with Gasteiger partial charge in [0.1, 0.15) is 11.4 Å². The minimum absolute atomic E-state index is 0.277. The van der Waals surface area contributed by atoms with Crippen LogP contribution in [0.5, 0.6) is 5.75 Å². The van der Waals surface area contributed by atoms with Gasteiger partial charge in [-0.05, 0) is 31.5 Å². The number of hydrogen-bond acceptors (Lipinski definition) is 3. The van der Waals surface area contributed by atoms with Crippen LogP contribution in [0.4, 0.5) is 0 Å². The molecule has 0 unspecified atom stereocenters. The third-order valence-electron chi connectivity index (χ3n) is 2.89. The van der Waals surface area contributed by atoms with Crippen molar-refractivity contribution in [3.63, 3.8) is 0 Å². The molecule has 0 spiro atoms. The van der Waals surface area contributed by atoms with Crippen molar-refractivity contribution >= 4 is 16.9 Å². The normalized spacial score (nSPS) is 10.8. The fourth-order valence-electron chi connectivity index (χ4n) is 2.08. The maximum atomic E-state index is 11.7. The third-order valence-corrected chi connectivity index (χ3v) is 2.89. The lowest BCUT2D eigenvalue weighted by Crippen LogP contribution is -2.04. The van der Waals surface area contributed by atoms with Crippen LogP contribution in [0.15, 0.2) is 18.2 Å². The van der Waals surface area contributed by atoms with Gasteiger partial charge in [0.05, 0.1) is 6.61 Å². The van der Waals surface area contributed by atoms with Crippen molar-refractivity contribution in [1.82, 2.24) is 4.98 Å². The lowest BCUT2D eigenvalue weighted by atomic mass is 10.0. The number of benzene rings is 1. The second-order valence-electron chi connectivity index (χ2n) is 4.18. The van der Waals surface area contributed by atoms with Crippen molar-refractivity contribution in [1.29, 1.82) is 0 Å². The van der Waals surface area contributed by atoms with Gasteiger partial charge >= 0.3 is 5.97 Å². The predicted molar refractivity (Wildman–Crippen MR) is 69.9 cm³/mol. The number of hydrogen-bond donors (Lipinski definition) is 2. The summed E-state index contributed by atoms with van der Waals surface area (Å²) in [5.41, 5.74) is 2.15. The zero-order valence-electron chi connectivity index (χ0n) is 10.6. The Labute approximate surface area is 106 Å². The van der Waals surface area contributed by atoms with E-state index in [-0.39, 0.29) is 11.7 Å². The van der Waals surface area contributed by atoms with Crippen LogP contribution in [-0.4, -0.2) is 22.7 Å². The molecule has 2 N–H and O–H groups in total. The lowest BCUT2D eigenvalue weighted by Gasteiger charge is -2.03. The van der Waals surface area contributed by atoms with Gasteiger partial charge in [-0.1, -0.05) is 13.3 Å². The Bertz CT molecular complexity index is 572. The number of carbonyl (C=O) groups is 1. The van der Waals surface area contributed by atoms with Crippen LogP contribution in [0.3, 0.4) is 0 Å². The highest BCUT2D eigenvalue weighted by Gasteiger charge is 2.14. The molecule has 0 aliphatic rings. The Morgan fingerprint density at radius 2 is 2.17 bits per heavy atom. The van der Waals surface area contributed by atoms with Gasteiger partial charge in [0.25, 0.3) is 0 Å². The summed E-state index contributed by atoms with van der Waals surface area (Å²) in [4.78, 5) is 14.7. The fraction of sp³-hybridized carbons (Fsp3) is 0.357. The fourth-order valence-corrected chi connectivity index (χ4v) is 2.08. The molecular weight excluding hydrogens is 230 g/mol. The van der Waals surface area contributed by atoms with Gasteiger partial charge in [-0.3, -0.25) is 0 Å².